The Morgan fingerprint density at radius 2 is 1.94 bits per heavy atom. The van der Waals surface area contributed by atoms with Crippen molar-refractivity contribution >= 4 is 23.0 Å². The van der Waals surface area contributed by atoms with Crippen LogP contribution in [0.2, 0.25) is 0 Å². The van der Waals surface area contributed by atoms with Crippen molar-refractivity contribution in [1.29, 1.82) is 5.41 Å². The monoisotopic (exact) mass is 515 g/mol. The van der Waals surface area contributed by atoms with Crippen LogP contribution in [-0.4, -0.2) is 63.6 Å². The molecular formula is C22H23F6N7O. The third kappa shape index (κ3) is 6.10. The summed E-state index contributed by atoms with van der Waals surface area (Å²) in [6.07, 6.45) is -0.869. The molecule has 0 spiro atoms. The number of likely N-dealkylation sites (tertiary alicyclic amines) is 1. The Morgan fingerprint density at radius 1 is 1.28 bits per heavy atom. The Kier molecular flexibility index (Phi) is 7.84. The van der Waals surface area contributed by atoms with E-state index in [1.54, 1.807) is 0 Å². The molecule has 3 N–H and O–H groups in total. The van der Waals surface area contributed by atoms with Gasteiger partial charge in [-0.2, -0.15) is 13.2 Å². The molecule has 2 unspecified atom stereocenters. The highest BCUT2D eigenvalue weighted by molar-refractivity contribution is 6.54. The minimum absolute atomic E-state index is 0.0210. The molecular weight excluding hydrogens is 492 g/mol. The number of anilines is 1. The van der Waals surface area contributed by atoms with Gasteiger partial charge in [-0.05, 0) is 18.1 Å². The lowest BCUT2D eigenvalue weighted by molar-refractivity contribution is -0.145. The fourth-order valence-corrected chi connectivity index (χ4v) is 3.89. The number of carbonyl (C=O) groups is 1. The molecule has 0 saturated carbocycles. The molecule has 1 aliphatic heterocycles. The van der Waals surface area contributed by atoms with Crippen LogP contribution in [0.4, 0.5) is 32.2 Å². The number of hydrogen-bond acceptors (Lipinski definition) is 7. The number of nitrogens with zero attached hydrogens (tertiary/aromatic N) is 4. The zero-order valence-electron chi connectivity index (χ0n) is 19.2. The van der Waals surface area contributed by atoms with Crippen molar-refractivity contribution in [3.05, 3.63) is 54.1 Å². The van der Waals surface area contributed by atoms with E-state index in [1.165, 1.54) is 38.6 Å². The minimum Gasteiger partial charge on any atom is -0.393 e. The predicted molar refractivity (Wildman–Crippen MR) is 119 cm³/mol. The fraction of sp³-hybridized carbons (Fsp3) is 0.409. The van der Waals surface area contributed by atoms with Crippen LogP contribution in [0.1, 0.15) is 24.7 Å². The topological polar surface area (TPSA) is 107 Å². The molecule has 0 aromatic carbocycles. The Morgan fingerprint density at radius 3 is 2.53 bits per heavy atom. The van der Waals surface area contributed by atoms with E-state index >= 15 is 0 Å². The van der Waals surface area contributed by atoms with E-state index < -0.39 is 65.8 Å². The van der Waals surface area contributed by atoms with E-state index in [4.69, 9.17) is 5.41 Å². The summed E-state index contributed by atoms with van der Waals surface area (Å²) in [6.45, 7) is 0.166. The van der Waals surface area contributed by atoms with Crippen LogP contribution in [0.25, 0.3) is 5.57 Å². The van der Waals surface area contributed by atoms with Gasteiger partial charge in [0.15, 0.2) is 17.5 Å². The first-order valence-electron chi connectivity index (χ1n) is 10.7. The standard InChI is InChI=1S/C22H23F6N7O/c1-12-7-21(24,25)11-35(20(36)17(29)14(9-30-2)18-31-4-3-5-32-18)16(12)10-34-19-15(23)6-13(8-33-19)22(26,27)28/h3-6,8-9,12,16,29-30H,7,10-11H2,1-2H3,(H,33,34)/b14-9+,29-17?. The number of amides is 1. The molecule has 1 amide bonds. The largest absolute Gasteiger partial charge is 0.417 e. The molecule has 2 aromatic rings. The van der Waals surface area contributed by atoms with Gasteiger partial charge < -0.3 is 15.5 Å². The SMILES string of the molecule is CN/C=C(\C(=N)C(=O)N1CC(F)(F)CC(C)C1CNc1ncc(C(F)(F)F)cc1F)c1ncccn1. The number of pyridine rings is 1. The van der Waals surface area contributed by atoms with Gasteiger partial charge in [-0.3, -0.25) is 10.2 Å². The van der Waals surface area contributed by atoms with E-state index in [2.05, 4.69) is 25.6 Å². The van der Waals surface area contributed by atoms with Crippen LogP contribution in [0, 0.1) is 17.1 Å². The molecule has 14 heteroatoms. The van der Waals surface area contributed by atoms with Gasteiger partial charge in [0, 0.05) is 44.8 Å². The average Bonchev–Trinajstić information content (AvgIpc) is 2.80. The van der Waals surface area contributed by atoms with Crippen molar-refractivity contribution in [3.8, 4) is 0 Å². The van der Waals surface area contributed by atoms with Crippen molar-refractivity contribution in [1.82, 2.24) is 25.2 Å². The van der Waals surface area contributed by atoms with Gasteiger partial charge >= 0.3 is 6.18 Å². The van der Waals surface area contributed by atoms with Gasteiger partial charge in [0.05, 0.1) is 23.7 Å². The van der Waals surface area contributed by atoms with Crippen molar-refractivity contribution in [3.63, 3.8) is 0 Å². The minimum atomic E-state index is -4.79. The van der Waals surface area contributed by atoms with Crippen molar-refractivity contribution in [2.45, 2.75) is 31.5 Å². The number of alkyl halides is 5. The number of hydrogen-bond donors (Lipinski definition) is 3. The summed E-state index contributed by atoms with van der Waals surface area (Å²) in [5, 5.41) is 13.6. The Bertz CT molecular complexity index is 1140. The molecule has 3 heterocycles. The highest BCUT2D eigenvalue weighted by Gasteiger charge is 2.47. The van der Waals surface area contributed by atoms with Gasteiger partial charge in [0.25, 0.3) is 11.8 Å². The summed E-state index contributed by atoms with van der Waals surface area (Å²) in [7, 11) is 1.51. The number of piperidine rings is 1. The summed E-state index contributed by atoms with van der Waals surface area (Å²) in [4.78, 5) is 25.5. The first-order valence-corrected chi connectivity index (χ1v) is 10.7. The molecule has 36 heavy (non-hydrogen) atoms. The smallest absolute Gasteiger partial charge is 0.393 e. The van der Waals surface area contributed by atoms with Gasteiger partial charge in [0.2, 0.25) is 0 Å². The maximum absolute atomic E-state index is 14.4. The van der Waals surface area contributed by atoms with E-state index in [1.807, 2.05) is 0 Å². The van der Waals surface area contributed by atoms with Crippen LogP contribution in [0.3, 0.4) is 0 Å². The van der Waals surface area contributed by atoms with Crippen LogP contribution in [0.15, 0.2) is 36.9 Å². The summed E-state index contributed by atoms with van der Waals surface area (Å²) >= 11 is 0. The average molecular weight is 515 g/mol. The number of rotatable bonds is 7. The quantitative estimate of drug-likeness (QED) is 0.385. The second-order valence-corrected chi connectivity index (χ2v) is 8.26. The molecule has 1 fully saturated rings. The van der Waals surface area contributed by atoms with E-state index in [0.717, 1.165) is 4.90 Å². The lowest BCUT2D eigenvalue weighted by atomic mass is 9.87. The second kappa shape index (κ2) is 10.5. The molecule has 2 atom stereocenters. The predicted octanol–water partition coefficient (Wildman–Crippen LogP) is 3.59. The normalized spacial score (nSPS) is 20.1. The van der Waals surface area contributed by atoms with Crippen molar-refractivity contribution in [2.75, 3.05) is 25.5 Å². The molecule has 1 aliphatic rings. The lowest BCUT2D eigenvalue weighted by Crippen LogP contribution is -2.59. The maximum atomic E-state index is 14.4. The van der Waals surface area contributed by atoms with Gasteiger partial charge in [-0.25, -0.2) is 28.1 Å². The third-order valence-corrected chi connectivity index (χ3v) is 5.57. The number of aromatic nitrogens is 3. The van der Waals surface area contributed by atoms with Gasteiger partial charge in [0.1, 0.15) is 5.71 Å². The van der Waals surface area contributed by atoms with Crippen molar-refractivity contribution < 1.29 is 31.1 Å². The van der Waals surface area contributed by atoms with Crippen LogP contribution in [-0.2, 0) is 11.0 Å². The molecule has 3 rings (SSSR count). The summed E-state index contributed by atoms with van der Waals surface area (Å²) in [5.41, 5.74) is -1.97. The molecule has 194 valence electrons. The Hall–Kier alpha value is -3.71. The summed E-state index contributed by atoms with van der Waals surface area (Å²) in [6, 6.07) is 0.837. The van der Waals surface area contributed by atoms with E-state index in [0.29, 0.717) is 6.20 Å². The Labute approximate surface area is 202 Å². The number of nitrogens with one attached hydrogen (secondary N) is 3. The van der Waals surface area contributed by atoms with E-state index in [9.17, 15) is 31.1 Å². The zero-order valence-corrected chi connectivity index (χ0v) is 19.2. The maximum Gasteiger partial charge on any atom is 0.417 e. The van der Waals surface area contributed by atoms with Crippen LogP contribution >= 0.6 is 0 Å². The summed E-state index contributed by atoms with van der Waals surface area (Å²) < 4.78 is 81.4. The summed E-state index contributed by atoms with van der Waals surface area (Å²) in [5.74, 6) is -6.89. The lowest BCUT2D eigenvalue weighted by Gasteiger charge is -2.43. The molecule has 0 bridgehead atoms. The highest BCUT2D eigenvalue weighted by Crippen LogP contribution is 2.35. The first kappa shape index (κ1) is 26.9. The second-order valence-electron chi connectivity index (χ2n) is 8.26. The number of carbonyl (C=O) groups excluding carboxylic acids is 1. The highest BCUT2D eigenvalue weighted by atomic mass is 19.4. The van der Waals surface area contributed by atoms with E-state index in [-0.39, 0.29) is 24.0 Å². The van der Waals surface area contributed by atoms with Gasteiger partial charge in [-0.1, -0.05) is 6.92 Å². The fourth-order valence-electron chi connectivity index (χ4n) is 3.89. The first-order chi connectivity index (χ1) is 16.8. The van der Waals surface area contributed by atoms with Crippen LogP contribution < -0.4 is 10.6 Å². The van der Waals surface area contributed by atoms with Crippen LogP contribution in [0.5, 0.6) is 0 Å². The van der Waals surface area contributed by atoms with Crippen molar-refractivity contribution in [2.24, 2.45) is 5.92 Å². The molecule has 0 aliphatic carbocycles. The molecule has 8 nitrogen and oxygen atoms in total. The molecule has 2 aromatic heterocycles. The molecule has 0 radical (unpaired) electrons. The van der Waals surface area contributed by atoms with Gasteiger partial charge in [-0.15, -0.1) is 0 Å². The number of halogens is 6. The molecule has 1 saturated heterocycles. The Balaban J connectivity index is 1.86. The third-order valence-electron chi connectivity index (χ3n) is 5.57. The zero-order chi connectivity index (χ0) is 26.7.